The largest absolute Gasteiger partial charge is 0.476 e. The lowest BCUT2D eigenvalue weighted by Crippen LogP contribution is -2.46. The van der Waals surface area contributed by atoms with Crippen LogP contribution in [0.4, 0.5) is 8.78 Å². The van der Waals surface area contributed by atoms with Gasteiger partial charge in [-0.1, -0.05) is 51.1 Å². The normalized spacial score (nSPS) is 27.9. The number of aliphatic imine (C=N–C) groups is 1. The number of fused-ring (bicyclic) bond motifs is 2. The second-order valence-electron chi connectivity index (χ2n) is 14.8. The highest BCUT2D eigenvalue weighted by atomic mass is 19.1. The lowest BCUT2D eigenvalue weighted by atomic mass is 9.80. The van der Waals surface area contributed by atoms with E-state index in [0.29, 0.717) is 83.5 Å². The van der Waals surface area contributed by atoms with Crippen molar-refractivity contribution in [1.29, 1.82) is 5.41 Å². The molecule has 3 unspecified atom stereocenters. The molecule has 4 aliphatic rings. The topological polar surface area (TPSA) is 81.4 Å². The maximum Gasteiger partial charge on any atom is 0.211 e. The van der Waals surface area contributed by atoms with Crippen LogP contribution in [0, 0.1) is 17.1 Å². The fraction of sp³-hybridized carbons (Fsp3) is 0.512. The summed E-state index contributed by atoms with van der Waals surface area (Å²) in [6.07, 6.45) is 8.19. The Morgan fingerprint density at radius 3 is 2.74 bits per heavy atom. The Bertz CT molecular complexity index is 1820. The third-order valence-corrected chi connectivity index (χ3v) is 10.8. The van der Waals surface area contributed by atoms with E-state index in [2.05, 4.69) is 11.8 Å². The molecule has 0 amide bonds. The standard InChI is InChI=1S/C41H52F2N4O3/c1-7-12-33(50-25-41-17-11-18-47(41)22-26(4)21-41)45-39(46-19-20-49-24-40(6,48)23-46)34-27(5)37(43)36(38(44)30(34)9-3)31-14-10-13-28-15-16-32(42)29(8-2)35(28)31/h9-10,12-16,26,44,48H,7-8,11,17-25H2,1-6H3/b30-9-,33-12-,44-38?,45-39+. The number of nitrogens with zero attached hydrogens (tertiary/aromatic N) is 3. The van der Waals surface area contributed by atoms with E-state index in [1.165, 1.54) is 6.07 Å². The molecule has 268 valence electrons. The van der Waals surface area contributed by atoms with Gasteiger partial charge in [0.1, 0.15) is 29.7 Å². The summed E-state index contributed by atoms with van der Waals surface area (Å²) in [6.45, 7) is 15.3. The second-order valence-corrected chi connectivity index (χ2v) is 14.8. The molecule has 3 heterocycles. The summed E-state index contributed by atoms with van der Waals surface area (Å²) < 4.78 is 44.7. The van der Waals surface area contributed by atoms with E-state index in [1.807, 2.05) is 50.0 Å². The Morgan fingerprint density at radius 1 is 1.20 bits per heavy atom. The van der Waals surface area contributed by atoms with E-state index in [9.17, 15) is 10.5 Å². The summed E-state index contributed by atoms with van der Waals surface area (Å²) in [5.41, 5.74) is 1.21. The molecule has 3 atom stereocenters. The molecule has 0 radical (unpaired) electrons. The van der Waals surface area contributed by atoms with Gasteiger partial charge in [-0.2, -0.15) is 4.99 Å². The fourth-order valence-electron chi connectivity index (χ4n) is 8.60. The number of halogens is 2. The van der Waals surface area contributed by atoms with Crippen molar-refractivity contribution in [3.8, 4) is 0 Å². The van der Waals surface area contributed by atoms with Gasteiger partial charge in [0, 0.05) is 29.8 Å². The van der Waals surface area contributed by atoms with Gasteiger partial charge in [0.25, 0.3) is 0 Å². The van der Waals surface area contributed by atoms with Crippen LogP contribution in [0.2, 0.25) is 0 Å². The number of ether oxygens (including phenoxy) is 2. The first-order chi connectivity index (χ1) is 23.9. The molecule has 0 saturated carbocycles. The van der Waals surface area contributed by atoms with Crippen LogP contribution in [0.3, 0.4) is 0 Å². The zero-order valence-electron chi connectivity index (χ0n) is 30.5. The highest BCUT2D eigenvalue weighted by Crippen LogP contribution is 2.44. The minimum absolute atomic E-state index is 0.00249. The molecule has 1 aliphatic carbocycles. The zero-order chi connectivity index (χ0) is 35.8. The molecule has 3 aliphatic heterocycles. The smallest absolute Gasteiger partial charge is 0.211 e. The number of aryl methyl sites for hydroxylation is 1. The highest BCUT2D eigenvalue weighted by Gasteiger charge is 2.48. The van der Waals surface area contributed by atoms with Gasteiger partial charge in [0.2, 0.25) is 5.88 Å². The lowest BCUT2D eigenvalue weighted by Gasteiger charge is -2.35. The molecule has 2 aromatic carbocycles. The average Bonchev–Trinajstić information content (AvgIpc) is 3.54. The maximum absolute atomic E-state index is 17.1. The predicted octanol–water partition coefficient (Wildman–Crippen LogP) is 8.14. The van der Waals surface area contributed by atoms with Crippen molar-refractivity contribution in [1.82, 2.24) is 9.80 Å². The van der Waals surface area contributed by atoms with Crippen LogP contribution in [-0.4, -0.2) is 83.6 Å². The van der Waals surface area contributed by atoms with Crippen molar-refractivity contribution in [2.75, 3.05) is 46.0 Å². The molecule has 3 fully saturated rings. The molecular weight excluding hydrogens is 634 g/mol. The first-order valence-electron chi connectivity index (χ1n) is 18.2. The summed E-state index contributed by atoms with van der Waals surface area (Å²) in [7, 11) is 0. The average molecular weight is 687 g/mol. The number of benzene rings is 2. The Kier molecular flexibility index (Phi) is 10.5. The van der Waals surface area contributed by atoms with Gasteiger partial charge >= 0.3 is 0 Å². The van der Waals surface area contributed by atoms with Gasteiger partial charge in [-0.25, -0.2) is 8.78 Å². The van der Waals surface area contributed by atoms with Crippen molar-refractivity contribution in [3.63, 3.8) is 0 Å². The minimum atomic E-state index is -1.19. The number of β-amino-alcohol motifs (C(OH)–C–C–N with tert-alkyl or cyclic N) is 1. The second kappa shape index (κ2) is 14.5. The predicted molar refractivity (Wildman–Crippen MR) is 198 cm³/mol. The minimum Gasteiger partial charge on any atom is -0.476 e. The van der Waals surface area contributed by atoms with Crippen LogP contribution in [0.25, 0.3) is 16.3 Å². The van der Waals surface area contributed by atoms with Crippen LogP contribution < -0.4 is 0 Å². The Hall–Kier alpha value is -3.66. The summed E-state index contributed by atoms with van der Waals surface area (Å²) in [5.74, 6) is 0.580. The van der Waals surface area contributed by atoms with Crippen molar-refractivity contribution in [2.45, 2.75) is 84.8 Å². The van der Waals surface area contributed by atoms with Gasteiger partial charge < -0.3 is 19.5 Å². The van der Waals surface area contributed by atoms with Gasteiger partial charge in [0.15, 0.2) is 0 Å². The van der Waals surface area contributed by atoms with E-state index in [0.717, 1.165) is 37.7 Å². The Labute approximate surface area is 295 Å². The van der Waals surface area contributed by atoms with Crippen molar-refractivity contribution >= 4 is 27.9 Å². The molecule has 3 saturated heterocycles. The first kappa shape index (κ1) is 36.1. The molecule has 2 N–H and O–H groups in total. The molecular formula is C41H52F2N4O3. The number of amidine groups is 1. The summed E-state index contributed by atoms with van der Waals surface area (Å²) in [6, 6.07) is 8.65. The van der Waals surface area contributed by atoms with Gasteiger partial charge in [-0.15, -0.1) is 0 Å². The Balaban J connectivity index is 1.51. The van der Waals surface area contributed by atoms with E-state index < -0.39 is 11.4 Å². The molecule has 7 nitrogen and oxygen atoms in total. The quantitative estimate of drug-likeness (QED) is 0.167. The van der Waals surface area contributed by atoms with Crippen molar-refractivity contribution < 1.29 is 23.4 Å². The molecule has 0 spiro atoms. The number of hydrogen-bond donors (Lipinski definition) is 2. The highest BCUT2D eigenvalue weighted by molar-refractivity contribution is 6.38. The number of nitrogens with one attached hydrogen (secondary N) is 1. The fourth-order valence-corrected chi connectivity index (χ4v) is 8.60. The number of hydrogen-bond acceptors (Lipinski definition) is 6. The third-order valence-electron chi connectivity index (χ3n) is 10.8. The molecule has 0 bridgehead atoms. The van der Waals surface area contributed by atoms with Crippen LogP contribution >= 0.6 is 0 Å². The molecule has 6 rings (SSSR count). The van der Waals surface area contributed by atoms with Gasteiger partial charge in [-0.3, -0.25) is 10.3 Å². The van der Waals surface area contributed by atoms with Gasteiger partial charge in [-0.05, 0) is 105 Å². The SMILES string of the molecule is C/C=C1\C(=N)C(c2cccc3ccc(F)c(CC)c23)=C(F)C(C)=C1/C(=N\C(=C\CC)OCC12CCCN1CC(C)C2)N1CCOCC(C)(O)C1. The summed E-state index contributed by atoms with van der Waals surface area (Å²) in [4.78, 5) is 9.68. The van der Waals surface area contributed by atoms with Crippen LogP contribution in [0.15, 0.2) is 75.9 Å². The molecule has 50 heavy (non-hydrogen) atoms. The zero-order valence-corrected chi connectivity index (χ0v) is 30.5. The van der Waals surface area contributed by atoms with E-state index in [-0.39, 0.29) is 35.8 Å². The third kappa shape index (κ3) is 6.72. The van der Waals surface area contributed by atoms with Crippen LogP contribution in [-0.2, 0) is 15.9 Å². The van der Waals surface area contributed by atoms with Crippen molar-refractivity contribution in [2.24, 2.45) is 10.9 Å². The van der Waals surface area contributed by atoms with Crippen LogP contribution in [0.5, 0.6) is 0 Å². The van der Waals surface area contributed by atoms with Gasteiger partial charge in [0.05, 0.1) is 31.0 Å². The maximum atomic E-state index is 17.1. The monoisotopic (exact) mass is 686 g/mol. The van der Waals surface area contributed by atoms with E-state index >= 15 is 8.78 Å². The van der Waals surface area contributed by atoms with E-state index in [1.54, 1.807) is 26.0 Å². The number of allylic oxidation sites excluding steroid dienone is 5. The lowest BCUT2D eigenvalue weighted by molar-refractivity contribution is -0.0180. The molecule has 2 aromatic rings. The molecule has 9 heteroatoms. The van der Waals surface area contributed by atoms with Crippen molar-refractivity contribution in [3.05, 3.63) is 87.9 Å². The Morgan fingerprint density at radius 2 is 2.00 bits per heavy atom. The summed E-state index contributed by atoms with van der Waals surface area (Å²) >= 11 is 0. The van der Waals surface area contributed by atoms with E-state index in [4.69, 9.17) is 14.5 Å². The number of aliphatic hydroxyl groups is 1. The van der Waals surface area contributed by atoms with Crippen LogP contribution in [0.1, 0.15) is 78.4 Å². The first-order valence-corrected chi connectivity index (χ1v) is 18.2. The molecule has 0 aromatic heterocycles. The summed E-state index contributed by atoms with van der Waals surface area (Å²) in [5, 5.41) is 22.2. The number of rotatable bonds is 8.